The summed E-state index contributed by atoms with van der Waals surface area (Å²) in [6, 6.07) is 0. The zero-order valence-electron chi connectivity index (χ0n) is 8.64. The van der Waals surface area contributed by atoms with E-state index in [1.807, 2.05) is 0 Å². The van der Waals surface area contributed by atoms with Crippen molar-refractivity contribution in [2.75, 3.05) is 6.61 Å². The zero-order valence-corrected chi connectivity index (χ0v) is 8.64. The Balaban J connectivity index is 1.72. The summed E-state index contributed by atoms with van der Waals surface area (Å²) in [5, 5.41) is 0. The summed E-state index contributed by atoms with van der Waals surface area (Å²) in [4.78, 5) is 22.3. The van der Waals surface area contributed by atoms with Gasteiger partial charge in [-0.2, -0.15) is 0 Å². The molecule has 2 bridgehead atoms. The second-order valence-corrected chi connectivity index (χ2v) is 4.88. The molecule has 4 nitrogen and oxygen atoms in total. The van der Waals surface area contributed by atoms with E-state index in [0.717, 1.165) is 12.8 Å². The Kier molecular flexibility index (Phi) is 1.89. The number of carbonyl (C=O) groups is 2. The highest BCUT2D eigenvalue weighted by molar-refractivity contribution is 5.77. The average molecular weight is 210 g/mol. The molecule has 82 valence electrons. The monoisotopic (exact) mass is 210 g/mol. The van der Waals surface area contributed by atoms with Gasteiger partial charge in [-0.15, -0.1) is 0 Å². The summed E-state index contributed by atoms with van der Waals surface area (Å²) in [6.07, 6.45) is 1.83. The predicted molar refractivity (Wildman–Crippen MR) is 50.0 cm³/mol. The van der Waals surface area contributed by atoms with Gasteiger partial charge in [-0.25, -0.2) is 0 Å². The van der Waals surface area contributed by atoms with E-state index < -0.39 is 0 Å². The van der Waals surface area contributed by atoms with Crippen LogP contribution in [0.4, 0.5) is 0 Å². The molecule has 3 fully saturated rings. The normalized spacial score (nSPS) is 45.9. The second kappa shape index (κ2) is 3.04. The number of rotatable bonds is 3. The summed E-state index contributed by atoms with van der Waals surface area (Å²) >= 11 is 0. The van der Waals surface area contributed by atoms with Crippen molar-refractivity contribution >= 4 is 11.8 Å². The maximum absolute atomic E-state index is 11.4. The molecule has 0 aromatic heterocycles. The van der Waals surface area contributed by atoms with Crippen LogP contribution < -0.4 is 0 Å². The van der Waals surface area contributed by atoms with Crippen molar-refractivity contribution in [2.45, 2.75) is 32.0 Å². The quantitative estimate of drug-likeness (QED) is 0.638. The maximum atomic E-state index is 11.4. The number of hydrogen-bond acceptors (Lipinski definition) is 4. The molecule has 0 N–H and O–H groups in total. The van der Waals surface area contributed by atoms with Crippen LogP contribution in [0.25, 0.3) is 0 Å². The third kappa shape index (κ3) is 1.24. The molecule has 0 aromatic rings. The number of carbonyl (C=O) groups excluding carboxylic acids is 2. The van der Waals surface area contributed by atoms with Gasteiger partial charge in [0.1, 0.15) is 12.7 Å². The van der Waals surface area contributed by atoms with Crippen LogP contribution in [0.5, 0.6) is 0 Å². The lowest BCUT2D eigenvalue weighted by Gasteiger charge is -2.24. The van der Waals surface area contributed by atoms with Crippen LogP contribution in [-0.2, 0) is 19.1 Å². The highest BCUT2D eigenvalue weighted by Gasteiger charge is 2.62. The van der Waals surface area contributed by atoms with Crippen molar-refractivity contribution in [3.8, 4) is 0 Å². The number of ketones is 1. The van der Waals surface area contributed by atoms with E-state index in [-0.39, 0.29) is 36.5 Å². The smallest absolute Gasteiger partial charge is 0.309 e. The standard InChI is InChI=1S/C11H14O4/c1-5(12)4-14-9-6-2-7-8(3-6)11(13)15-10(7)9/h6-10H,2-4H2,1H3. The second-order valence-electron chi connectivity index (χ2n) is 4.88. The van der Waals surface area contributed by atoms with Gasteiger partial charge >= 0.3 is 5.97 Å². The minimum atomic E-state index is -0.0689. The molecule has 2 saturated carbocycles. The number of esters is 1. The molecule has 5 unspecified atom stereocenters. The molecule has 2 aliphatic carbocycles. The number of hydrogen-bond donors (Lipinski definition) is 0. The van der Waals surface area contributed by atoms with E-state index in [0.29, 0.717) is 11.8 Å². The van der Waals surface area contributed by atoms with Gasteiger partial charge in [-0.3, -0.25) is 9.59 Å². The van der Waals surface area contributed by atoms with Crippen LogP contribution >= 0.6 is 0 Å². The van der Waals surface area contributed by atoms with Crippen LogP contribution in [0.1, 0.15) is 19.8 Å². The fourth-order valence-corrected chi connectivity index (χ4v) is 3.35. The summed E-state index contributed by atoms with van der Waals surface area (Å²) in [5.41, 5.74) is 0. The predicted octanol–water partition coefficient (Wildman–Crippen LogP) is 0.542. The molecule has 1 saturated heterocycles. The van der Waals surface area contributed by atoms with E-state index >= 15 is 0 Å². The first kappa shape index (κ1) is 9.33. The summed E-state index contributed by atoms with van der Waals surface area (Å²) in [6.45, 7) is 1.66. The van der Waals surface area contributed by atoms with Crippen LogP contribution in [0, 0.1) is 17.8 Å². The summed E-state index contributed by atoms with van der Waals surface area (Å²) in [7, 11) is 0. The van der Waals surface area contributed by atoms with Gasteiger partial charge in [0.15, 0.2) is 5.78 Å². The maximum Gasteiger partial charge on any atom is 0.309 e. The number of ether oxygens (including phenoxy) is 2. The minimum absolute atomic E-state index is 0.0263. The van der Waals surface area contributed by atoms with Crippen LogP contribution in [0.15, 0.2) is 0 Å². The molecule has 0 spiro atoms. The summed E-state index contributed by atoms with van der Waals surface area (Å²) < 4.78 is 10.9. The molecule has 3 rings (SSSR count). The van der Waals surface area contributed by atoms with E-state index in [2.05, 4.69) is 0 Å². The van der Waals surface area contributed by atoms with Gasteiger partial charge in [0.25, 0.3) is 0 Å². The van der Waals surface area contributed by atoms with Crippen molar-refractivity contribution in [3.63, 3.8) is 0 Å². The SMILES string of the molecule is CC(=O)COC1C2CC3C(=O)OC1C3C2. The molecule has 0 aromatic carbocycles. The van der Waals surface area contributed by atoms with Gasteiger partial charge in [0, 0.05) is 5.92 Å². The van der Waals surface area contributed by atoms with Gasteiger partial charge in [-0.05, 0) is 25.7 Å². The molecular formula is C11H14O4. The van der Waals surface area contributed by atoms with E-state index in [1.54, 1.807) is 0 Å². The van der Waals surface area contributed by atoms with Crippen LogP contribution in [-0.4, -0.2) is 30.6 Å². The molecule has 4 heteroatoms. The van der Waals surface area contributed by atoms with Crippen LogP contribution in [0.3, 0.4) is 0 Å². The lowest BCUT2D eigenvalue weighted by atomic mass is 9.88. The largest absolute Gasteiger partial charge is 0.459 e. The third-order valence-electron chi connectivity index (χ3n) is 3.89. The Bertz CT molecular complexity index is 325. The fraction of sp³-hybridized carbons (Fsp3) is 0.818. The molecular weight excluding hydrogens is 196 g/mol. The zero-order chi connectivity index (χ0) is 10.6. The fourth-order valence-electron chi connectivity index (χ4n) is 3.35. The first-order chi connectivity index (χ1) is 7.16. The van der Waals surface area contributed by atoms with Crippen molar-refractivity contribution < 1.29 is 19.1 Å². The lowest BCUT2D eigenvalue weighted by Crippen LogP contribution is -2.35. The van der Waals surface area contributed by atoms with Gasteiger partial charge in [0.2, 0.25) is 0 Å². The molecule has 1 aliphatic heterocycles. The third-order valence-corrected chi connectivity index (χ3v) is 3.89. The van der Waals surface area contributed by atoms with Crippen LogP contribution in [0.2, 0.25) is 0 Å². The summed E-state index contributed by atoms with van der Waals surface area (Å²) in [5.74, 6) is 0.882. The first-order valence-electron chi connectivity index (χ1n) is 5.48. The molecule has 15 heavy (non-hydrogen) atoms. The topological polar surface area (TPSA) is 52.6 Å². The van der Waals surface area contributed by atoms with Crippen molar-refractivity contribution in [3.05, 3.63) is 0 Å². The lowest BCUT2D eigenvalue weighted by molar-refractivity contribution is -0.147. The van der Waals surface area contributed by atoms with Gasteiger partial charge in [-0.1, -0.05) is 0 Å². The van der Waals surface area contributed by atoms with Crippen molar-refractivity contribution in [1.29, 1.82) is 0 Å². The molecule has 1 heterocycles. The van der Waals surface area contributed by atoms with E-state index in [1.165, 1.54) is 6.92 Å². The minimum Gasteiger partial charge on any atom is -0.459 e. The average Bonchev–Trinajstić information content (AvgIpc) is 2.75. The van der Waals surface area contributed by atoms with E-state index in [4.69, 9.17) is 9.47 Å². The first-order valence-corrected chi connectivity index (χ1v) is 5.48. The van der Waals surface area contributed by atoms with Gasteiger partial charge < -0.3 is 9.47 Å². The Morgan fingerprint density at radius 1 is 1.53 bits per heavy atom. The Hall–Kier alpha value is -0.900. The van der Waals surface area contributed by atoms with Crippen molar-refractivity contribution in [2.24, 2.45) is 17.8 Å². The number of Topliss-reactive ketones (excluding diaryl/α,β-unsaturated/α-hetero) is 1. The Morgan fingerprint density at radius 2 is 2.33 bits per heavy atom. The highest BCUT2D eigenvalue weighted by atomic mass is 16.6. The van der Waals surface area contributed by atoms with Gasteiger partial charge in [0.05, 0.1) is 12.0 Å². The molecule has 0 radical (unpaired) electrons. The molecule has 0 amide bonds. The van der Waals surface area contributed by atoms with E-state index in [9.17, 15) is 9.59 Å². The van der Waals surface area contributed by atoms with Crippen molar-refractivity contribution in [1.82, 2.24) is 0 Å². The Labute approximate surface area is 87.9 Å². The highest BCUT2D eigenvalue weighted by Crippen LogP contribution is 2.55. The molecule has 5 atom stereocenters. The Morgan fingerprint density at radius 3 is 3.07 bits per heavy atom. The number of fused-ring (bicyclic) bond motifs is 1. The molecule has 3 aliphatic rings.